The Hall–Kier alpha value is -0.510. The van der Waals surface area contributed by atoms with Gasteiger partial charge in [0.05, 0.1) is 16.1 Å². The topological polar surface area (TPSA) is 45.1 Å². The highest BCUT2D eigenvalue weighted by Gasteiger charge is 2.04. The Labute approximate surface area is 99.4 Å². The summed E-state index contributed by atoms with van der Waals surface area (Å²) < 4.78 is 0. The SMILES string of the molecule is CCC(O)CCNc1ncc(Cl)cc1Cl. The minimum Gasteiger partial charge on any atom is -0.393 e. The van der Waals surface area contributed by atoms with Gasteiger partial charge in [0.2, 0.25) is 0 Å². The smallest absolute Gasteiger partial charge is 0.144 e. The van der Waals surface area contributed by atoms with Gasteiger partial charge in [-0.05, 0) is 18.9 Å². The van der Waals surface area contributed by atoms with Crippen LogP contribution in [-0.2, 0) is 0 Å². The van der Waals surface area contributed by atoms with E-state index < -0.39 is 0 Å². The van der Waals surface area contributed by atoms with Crippen LogP contribution >= 0.6 is 23.2 Å². The van der Waals surface area contributed by atoms with Gasteiger partial charge in [0.25, 0.3) is 0 Å². The van der Waals surface area contributed by atoms with Crippen LogP contribution in [0.2, 0.25) is 10.0 Å². The molecule has 1 aromatic rings. The lowest BCUT2D eigenvalue weighted by molar-refractivity contribution is 0.164. The summed E-state index contributed by atoms with van der Waals surface area (Å²) in [5, 5.41) is 13.4. The van der Waals surface area contributed by atoms with E-state index in [1.54, 1.807) is 6.07 Å². The fraction of sp³-hybridized carbons (Fsp3) is 0.500. The molecule has 1 aromatic heterocycles. The summed E-state index contributed by atoms with van der Waals surface area (Å²) in [6.07, 6.45) is 2.69. The Morgan fingerprint density at radius 2 is 2.27 bits per heavy atom. The molecule has 1 rings (SSSR count). The maximum absolute atomic E-state index is 9.33. The molecule has 0 bridgehead atoms. The number of aromatic nitrogens is 1. The standard InChI is InChI=1S/C10H14Cl2N2O/c1-2-8(15)3-4-13-10-9(12)5-7(11)6-14-10/h5-6,8,15H,2-4H2,1H3,(H,13,14). The highest BCUT2D eigenvalue weighted by molar-refractivity contribution is 6.35. The molecule has 5 heteroatoms. The van der Waals surface area contributed by atoms with Gasteiger partial charge in [-0.15, -0.1) is 0 Å². The number of aliphatic hydroxyl groups excluding tert-OH is 1. The lowest BCUT2D eigenvalue weighted by Crippen LogP contribution is -2.12. The molecular formula is C10H14Cl2N2O. The molecule has 0 spiro atoms. The number of halogens is 2. The van der Waals surface area contributed by atoms with E-state index in [-0.39, 0.29) is 6.10 Å². The molecule has 1 unspecified atom stereocenters. The molecule has 0 saturated carbocycles. The molecule has 0 aromatic carbocycles. The molecule has 1 atom stereocenters. The molecule has 3 nitrogen and oxygen atoms in total. The molecule has 15 heavy (non-hydrogen) atoms. The van der Waals surface area contributed by atoms with E-state index >= 15 is 0 Å². The summed E-state index contributed by atoms with van der Waals surface area (Å²) in [4.78, 5) is 4.04. The summed E-state index contributed by atoms with van der Waals surface area (Å²) in [7, 11) is 0. The number of hydrogen-bond acceptors (Lipinski definition) is 3. The summed E-state index contributed by atoms with van der Waals surface area (Å²) in [5.41, 5.74) is 0. The van der Waals surface area contributed by atoms with E-state index in [0.29, 0.717) is 28.8 Å². The van der Waals surface area contributed by atoms with Crippen LogP contribution < -0.4 is 5.32 Å². The number of pyridine rings is 1. The number of anilines is 1. The Kier molecular flexibility index (Phi) is 5.15. The van der Waals surface area contributed by atoms with Gasteiger partial charge in [-0.3, -0.25) is 0 Å². The molecule has 84 valence electrons. The summed E-state index contributed by atoms with van der Waals surface area (Å²) in [5.74, 6) is 0.601. The van der Waals surface area contributed by atoms with E-state index in [1.807, 2.05) is 6.92 Å². The van der Waals surface area contributed by atoms with Gasteiger partial charge < -0.3 is 10.4 Å². The minimum atomic E-state index is -0.274. The highest BCUT2D eigenvalue weighted by Crippen LogP contribution is 2.22. The zero-order valence-electron chi connectivity index (χ0n) is 8.50. The number of nitrogens with zero attached hydrogens (tertiary/aromatic N) is 1. The second-order valence-corrected chi connectivity index (χ2v) is 4.11. The van der Waals surface area contributed by atoms with E-state index in [2.05, 4.69) is 10.3 Å². The first-order chi connectivity index (χ1) is 7.13. The number of rotatable bonds is 5. The third-order valence-electron chi connectivity index (χ3n) is 2.05. The van der Waals surface area contributed by atoms with Gasteiger partial charge in [0, 0.05) is 12.7 Å². The lowest BCUT2D eigenvalue weighted by atomic mass is 10.2. The van der Waals surface area contributed by atoms with Crippen molar-refractivity contribution < 1.29 is 5.11 Å². The Bertz CT molecular complexity index is 320. The Morgan fingerprint density at radius 3 is 2.87 bits per heavy atom. The van der Waals surface area contributed by atoms with Crippen molar-refractivity contribution in [3.8, 4) is 0 Å². The number of hydrogen-bond donors (Lipinski definition) is 2. The van der Waals surface area contributed by atoms with Crippen molar-refractivity contribution in [2.45, 2.75) is 25.9 Å². The molecule has 0 aliphatic heterocycles. The van der Waals surface area contributed by atoms with Gasteiger partial charge in [-0.1, -0.05) is 30.1 Å². The third-order valence-corrected chi connectivity index (χ3v) is 2.54. The van der Waals surface area contributed by atoms with Crippen LogP contribution in [0.3, 0.4) is 0 Å². The quantitative estimate of drug-likeness (QED) is 0.843. The number of nitrogens with one attached hydrogen (secondary N) is 1. The average Bonchev–Trinajstić information content (AvgIpc) is 2.21. The van der Waals surface area contributed by atoms with Crippen LogP contribution in [0.15, 0.2) is 12.3 Å². The van der Waals surface area contributed by atoms with Crippen molar-refractivity contribution in [1.29, 1.82) is 0 Å². The molecule has 1 heterocycles. The predicted octanol–water partition coefficient (Wildman–Crippen LogP) is 2.96. The first-order valence-electron chi connectivity index (χ1n) is 4.86. The fourth-order valence-electron chi connectivity index (χ4n) is 1.11. The fourth-order valence-corrected chi connectivity index (χ4v) is 1.55. The zero-order chi connectivity index (χ0) is 11.3. The predicted molar refractivity (Wildman–Crippen MR) is 63.7 cm³/mol. The average molecular weight is 249 g/mol. The van der Waals surface area contributed by atoms with Crippen LogP contribution in [0.5, 0.6) is 0 Å². The van der Waals surface area contributed by atoms with Gasteiger partial charge >= 0.3 is 0 Å². The summed E-state index contributed by atoms with van der Waals surface area (Å²) in [6, 6.07) is 1.63. The molecule has 2 N–H and O–H groups in total. The van der Waals surface area contributed by atoms with E-state index in [4.69, 9.17) is 23.2 Å². The first-order valence-corrected chi connectivity index (χ1v) is 5.62. The normalized spacial score (nSPS) is 12.5. The maximum atomic E-state index is 9.33. The van der Waals surface area contributed by atoms with Crippen molar-refractivity contribution in [1.82, 2.24) is 4.98 Å². The van der Waals surface area contributed by atoms with E-state index in [1.165, 1.54) is 6.20 Å². The second kappa shape index (κ2) is 6.16. The van der Waals surface area contributed by atoms with Crippen LogP contribution in [-0.4, -0.2) is 22.7 Å². The van der Waals surface area contributed by atoms with Gasteiger partial charge in [0.15, 0.2) is 0 Å². The largest absolute Gasteiger partial charge is 0.393 e. The van der Waals surface area contributed by atoms with Crippen LogP contribution in [0.4, 0.5) is 5.82 Å². The van der Waals surface area contributed by atoms with Gasteiger partial charge in [0.1, 0.15) is 5.82 Å². The molecular weight excluding hydrogens is 235 g/mol. The summed E-state index contributed by atoms with van der Waals surface area (Å²) >= 11 is 11.6. The van der Waals surface area contributed by atoms with Gasteiger partial charge in [-0.25, -0.2) is 4.98 Å². The summed E-state index contributed by atoms with van der Waals surface area (Å²) in [6.45, 7) is 2.58. The zero-order valence-corrected chi connectivity index (χ0v) is 10.0. The van der Waals surface area contributed by atoms with Crippen molar-refractivity contribution in [3.63, 3.8) is 0 Å². The van der Waals surface area contributed by atoms with E-state index in [9.17, 15) is 5.11 Å². The van der Waals surface area contributed by atoms with Crippen molar-refractivity contribution >= 4 is 29.0 Å². The third kappa shape index (κ3) is 4.24. The molecule has 0 saturated heterocycles. The Morgan fingerprint density at radius 1 is 1.53 bits per heavy atom. The molecule has 0 radical (unpaired) electrons. The lowest BCUT2D eigenvalue weighted by Gasteiger charge is -2.10. The minimum absolute atomic E-state index is 0.274. The van der Waals surface area contributed by atoms with Crippen molar-refractivity contribution in [2.75, 3.05) is 11.9 Å². The van der Waals surface area contributed by atoms with Crippen LogP contribution in [0.1, 0.15) is 19.8 Å². The monoisotopic (exact) mass is 248 g/mol. The molecule has 0 aliphatic rings. The molecule has 0 amide bonds. The highest BCUT2D eigenvalue weighted by atomic mass is 35.5. The van der Waals surface area contributed by atoms with Crippen LogP contribution in [0, 0.1) is 0 Å². The van der Waals surface area contributed by atoms with Crippen LogP contribution in [0.25, 0.3) is 0 Å². The van der Waals surface area contributed by atoms with Crippen molar-refractivity contribution in [3.05, 3.63) is 22.3 Å². The van der Waals surface area contributed by atoms with Gasteiger partial charge in [-0.2, -0.15) is 0 Å². The van der Waals surface area contributed by atoms with E-state index in [0.717, 1.165) is 6.42 Å². The number of aliphatic hydroxyl groups is 1. The van der Waals surface area contributed by atoms with Crippen molar-refractivity contribution in [2.24, 2.45) is 0 Å². The molecule has 0 aliphatic carbocycles. The molecule has 0 fully saturated rings. The Balaban J connectivity index is 2.44. The first kappa shape index (κ1) is 12.6. The second-order valence-electron chi connectivity index (χ2n) is 3.26. The maximum Gasteiger partial charge on any atom is 0.144 e.